The maximum absolute atomic E-state index is 11.9. The lowest BCUT2D eigenvalue weighted by Gasteiger charge is -2.39. The van der Waals surface area contributed by atoms with Gasteiger partial charge in [0.05, 0.1) is 0 Å². The number of hydrogen-bond acceptors (Lipinski definition) is 3. The number of carbonyl (C=O) groups is 1. The predicted molar refractivity (Wildman–Crippen MR) is 59.9 cm³/mol. The van der Waals surface area contributed by atoms with Crippen molar-refractivity contribution in [1.82, 2.24) is 10.2 Å². The molecule has 1 rings (SSSR count). The van der Waals surface area contributed by atoms with Crippen LogP contribution in [-0.2, 0) is 4.74 Å². The van der Waals surface area contributed by atoms with E-state index < -0.39 is 5.60 Å². The van der Waals surface area contributed by atoms with E-state index in [0.29, 0.717) is 0 Å². The Morgan fingerprint density at radius 3 is 2.13 bits per heavy atom. The van der Waals surface area contributed by atoms with Gasteiger partial charge in [0.1, 0.15) is 5.60 Å². The lowest BCUT2D eigenvalue weighted by Crippen LogP contribution is -2.58. The first-order valence-electron chi connectivity index (χ1n) is 5.53. The molecule has 1 fully saturated rings. The third-order valence-corrected chi connectivity index (χ3v) is 2.43. The predicted octanol–water partition coefficient (Wildman–Crippen LogP) is 1.60. The van der Waals surface area contributed by atoms with Gasteiger partial charge < -0.3 is 15.0 Å². The van der Waals surface area contributed by atoms with E-state index in [9.17, 15) is 4.79 Å². The highest BCUT2D eigenvalue weighted by Gasteiger charge is 2.32. The Morgan fingerprint density at radius 2 is 1.73 bits per heavy atom. The summed E-state index contributed by atoms with van der Waals surface area (Å²) in [7, 11) is 0. The molecule has 88 valence electrons. The first-order valence-corrected chi connectivity index (χ1v) is 5.53. The number of amides is 1. The molecule has 0 radical (unpaired) electrons. The molecule has 1 saturated heterocycles. The van der Waals surface area contributed by atoms with E-state index >= 15 is 0 Å². The van der Waals surface area contributed by atoms with Crippen LogP contribution in [0.15, 0.2) is 0 Å². The number of nitrogens with zero attached hydrogens (tertiary/aromatic N) is 1. The number of hydrogen-bond donors (Lipinski definition) is 1. The van der Waals surface area contributed by atoms with Gasteiger partial charge >= 0.3 is 6.09 Å². The van der Waals surface area contributed by atoms with Gasteiger partial charge in [-0.25, -0.2) is 4.79 Å². The molecule has 0 aromatic rings. The van der Waals surface area contributed by atoms with E-state index in [0.717, 1.165) is 13.1 Å². The van der Waals surface area contributed by atoms with Crippen LogP contribution in [0.25, 0.3) is 0 Å². The van der Waals surface area contributed by atoms with Crippen LogP contribution in [-0.4, -0.2) is 41.8 Å². The summed E-state index contributed by atoms with van der Waals surface area (Å²) in [5.74, 6) is 0. The largest absolute Gasteiger partial charge is 0.444 e. The Balaban J connectivity index is 2.64. The molecule has 0 aromatic carbocycles. The van der Waals surface area contributed by atoms with Gasteiger partial charge in [-0.15, -0.1) is 0 Å². The van der Waals surface area contributed by atoms with Gasteiger partial charge in [-0.05, 0) is 34.6 Å². The highest BCUT2D eigenvalue weighted by Crippen LogP contribution is 2.16. The molecule has 1 heterocycles. The summed E-state index contributed by atoms with van der Waals surface area (Å²) in [6.07, 6.45) is -0.205. The summed E-state index contributed by atoms with van der Waals surface area (Å²) >= 11 is 0. The molecule has 15 heavy (non-hydrogen) atoms. The van der Waals surface area contributed by atoms with Crippen LogP contribution in [0.1, 0.15) is 34.6 Å². The van der Waals surface area contributed by atoms with Crippen LogP contribution in [0.2, 0.25) is 0 Å². The van der Waals surface area contributed by atoms with Crippen LogP contribution < -0.4 is 5.32 Å². The normalized spacial score (nSPS) is 27.7. The van der Waals surface area contributed by atoms with Gasteiger partial charge in [0.2, 0.25) is 0 Å². The Hall–Kier alpha value is -0.770. The number of nitrogens with one attached hydrogen (secondary N) is 1. The van der Waals surface area contributed by atoms with Crippen molar-refractivity contribution in [2.24, 2.45) is 0 Å². The van der Waals surface area contributed by atoms with Gasteiger partial charge in [0.25, 0.3) is 0 Å². The Kier molecular flexibility index (Phi) is 3.60. The molecule has 4 heteroatoms. The zero-order valence-electron chi connectivity index (χ0n) is 10.3. The van der Waals surface area contributed by atoms with Crippen LogP contribution in [0.4, 0.5) is 4.79 Å². The lowest BCUT2D eigenvalue weighted by atomic mass is 10.1. The summed E-state index contributed by atoms with van der Waals surface area (Å²) in [6, 6.07) is 0.396. The monoisotopic (exact) mass is 214 g/mol. The fourth-order valence-electron chi connectivity index (χ4n) is 1.81. The smallest absolute Gasteiger partial charge is 0.410 e. The van der Waals surface area contributed by atoms with Crippen molar-refractivity contribution in [1.29, 1.82) is 0 Å². The van der Waals surface area contributed by atoms with E-state index in [1.165, 1.54) is 0 Å². The Bertz CT molecular complexity index is 225. The van der Waals surface area contributed by atoms with Crippen LogP contribution in [0, 0.1) is 0 Å². The summed E-state index contributed by atoms with van der Waals surface area (Å²) < 4.78 is 5.38. The fourth-order valence-corrected chi connectivity index (χ4v) is 1.81. The molecule has 2 atom stereocenters. The maximum Gasteiger partial charge on any atom is 0.410 e. The zero-order valence-corrected chi connectivity index (χ0v) is 10.3. The van der Waals surface area contributed by atoms with Crippen molar-refractivity contribution in [2.45, 2.75) is 52.3 Å². The number of carbonyl (C=O) groups excluding carboxylic acids is 1. The minimum Gasteiger partial charge on any atom is -0.444 e. The third-order valence-electron chi connectivity index (χ3n) is 2.43. The van der Waals surface area contributed by atoms with Gasteiger partial charge in [0.15, 0.2) is 0 Å². The van der Waals surface area contributed by atoms with Crippen molar-refractivity contribution in [3.8, 4) is 0 Å². The van der Waals surface area contributed by atoms with Crippen molar-refractivity contribution in [3.63, 3.8) is 0 Å². The molecule has 0 unspecified atom stereocenters. The minimum absolute atomic E-state index is 0.198. The van der Waals surface area contributed by atoms with Gasteiger partial charge in [-0.3, -0.25) is 0 Å². The highest BCUT2D eigenvalue weighted by molar-refractivity contribution is 5.69. The first kappa shape index (κ1) is 12.3. The van der Waals surface area contributed by atoms with Crippen molar-refractivity contribution < 1.29 is 9.53 Å². The Labute approximate surface area is 92.0 Å². The quantitative estimate of drug-likeness (QED) is 0.666. The second-order valence-corrected chi connectivity index (χ2v) is 5.24. The minimum atomic E-state index is -0.415. The van der Waals surface area contributed by atoms with Crippen molar-refractivity contribution >= 4 is 6.09 Å². The summed E-state index contributed by atoms with van der Waals surface area (Å²) in [4.78, 5) is 13.7. The maximum atomic E-state index is 11.9. The number of rotatable bonds is 0. The molecule has 0 bridgehead atoms. The van der Waals surface area contributed by atoms with Crippen LogP contribution >= 0.6 is 0 Å². The van der Waals surface area contributed by atoms with E-state index in [-0.39, 0.29) is 18.2 Å². The summed E-state index contributed by atoms with van der Waals surface area (Å²) in [5.41, 5.74) is -0.415. The van der Waals surface area contributed by atoms with Gasteiger partial charge in [-0.2, -0.15) is 0 Å². The second kappa shape index (κ2) is 4.39. The van der Waals surface area contributed by atoms with E-state index in [1.807, 2.05) is 39.5 Å². The molecule has 0 spiro atoms. The third kappa shape index (κ3) is 3.38. The zero-order chi connectivity index (χ0) is 11.6. The standard InChI is InChI=1S/C11H22N2O2/c1-8-6-12-7-9(2)13(8)10(14)15-11(3,4)5/h8-9,12H,6-7H2,1-5H3/t8-,9-/m0/s1. The molecular weight excluding hydrogens is 192 g/mol. The number of ether oxygens (including phenoxy) is 1. The molecule has 0 aliphatic carbocycles. The van der Waals surface area contributed by atoms with Crippen LogP contribution in [0.3, 0.4) is 0 Å². The molecule has 0 saturated carbocycles. The molecule has 4 nitrogen and oxygen atoms in total. The second-order valence-electron chi connectivity index (χ2n) is 5.24. The highest BCUT2D eigenvalue weighted by atomic mass is 16.6. The summed E-state index contributed by atoms with van der Waals surface area (Å²) in [5, 5.41) is 3.28. The molecule has 0 aromatic heterocycles. The lowest BCUT2D eigenvalue weighted by molar-refractivity contribution is 0.00303. The fraction of sp³-hybridized carbons (Fsp3) is 0.909. The average molecular weight is 214 g/mol. The van der Waals surface area contributed by atoms with E-state index in [4.69, 9.17) is 4.74 Å². The SMILES string of the molecule is C[C@H]1CNC[C@H](C)N1C(=O)OC(C)(C)C. The molecule has 1 amide bonds. The van der Waals surface area contributed by atoms with Gasteiger partial charge in [-0.1, -0.05) is 0 Å². The average Bonchev–Trinajstić information content (AvgIpc) is 1.99. The molecule has 1 aliphatic rings. The van der Waals surface area contributed by atoms with Gasteiger partial charge in [0, 0.05) is 25.2 Å². The topological polar surface area (TPSA) is 41.6 Å². The van der Waals surface area contributed by atoms with Crippen molar-refractivity contribution in [3.05, 3.63) is 0 Å². The number of piperazine rings is 1. The van der Waals surface area contributed by atoms with Crippen molar-refractivity contribution in [2.75, 3.05) is 13.1 Å². The van der Waals surface area contributed by atoms with Crippen LogP contribution in [0.5, 0.6) is 0 Å². The van der Waals surface area contributed by atoms with E-state index in [1.54, 1.807) is 0 Å². The van der Waals surface area contributed by atoms with E-state index in [2.05, 4.69) is 5.32 Å². The molecular formula is C11H22N2O2. The Morgan fingerprint density at radius 1 is 1.27 bits per heavy atom. The molecule has 1 N–H and O–H groups in total. The summed E-state index contributed by atoms with van der Waals surface area (Å²) in [6.45, 7) is 11.4. The first-order chi connectivity index (χ1) is 6.81. The molecule has 1 aliphatic heterocycles.